The molecule has 1 aliphatic carbocycles. The highest BCUT2D eigenvalue weighted by molar-refractivity contribution is 6.16. The lowest BCUT2D eigenvalue weighted by atomic mass is 9.95. The molecule has 9 aromatic carbocycles. The third-order valence-corrected chi connectivity index (χ3v) is 12.9. The van der Waals surface area contributed by atoms with Crippen molar-refractivity contribution in [2.24, 2.45) is 0 Å². The lowest BCUT2D eigenvalue weighted by Crippen LogP contribution is -2.31. The second kappa shape index (κ2) is 13.7. The van der Waals surface area contributed by atoms with Crippen LogP contribution in [0.5, 0.6) is 0 Å². The van der Waals surface area contributed by atoms with Crippen LogP contribution < -0.4 is 4.90 Å². The molecule has 3 aromatic heterocycles. The lowest BCUT2D eigenvalue weighted by molar-refractivity contribution is 0.669. The second-order valence-electron chi connectivity index (χ2n) is 16.4. The summed E-state index contributed by atoms with van der Waals surface area (Å²) < 4.78 is 15.3. The molecule has 0 N–H and O–H groups in total. The van der Waals surface area contributed by atoms with Crippen LogP contribution in [0.1, 0.15) is 6.42 Å². The minimum atomic E-state index is 0.00743. The first-order chi connectivity index (χ1) is 30.7. The Morgan fingerprint density at radius 2 is 1.13 bits per heavy atom. The minimum absolute atomic E-state index is 0.00743. The van der Waals surface area contributed by atoms with Crippen molar-refractivity contribution in [1.82, 2.24) is 4.57 Å². The predicted molar refractivity (Wildman–Crippen MR) is 259 cm³/mol. The first-order valence-electron chi connectivity index (χ1n) is 21.3. The highest BCUT2D eigenvalue weighted by Crippen LogP contribution is 2.44. The molecule has 292 valence electrons. The normalized spacial score (nSPS) is 14.3. The van der Waals surface area contributed by atoms with Gasteiger partial charge in [-0.15, -0.1) is 0 Å². The number of hydrogen-bond donors (Lipinski definition) is 0. The number of nitrogens with zero attached hydrogens (tertiary/aromatic N) is 2. The van der Waals surface area contributed by atoms with Crippen molar-refractivity contribution in [3.63, 3.8) is 0 Å². The summed E-state index contributed by atoms with van der Waals surface area (Å²) in [6, 6.07) is 69.7. The summed E-state index contributed by atoms with van der Waals surface area (Å²) in [5.74, 6) is 0. The van der Waals surface area contributed by atoms with E-state index in [2.05, 4.69) is 210 Å². The maximum absolute atomic E-state index is 6.57. The molecule has 0 spiro atoms. The second-order valence-corrected chi connectivity index (χ2v) is 16.4. The van der Waals surface area contributed by atoms with E-state index in [0.717, 1.165) is 89.3 Å². The van der Waals surface area contributed by atoms with E-state index in [1.165, 1.54) is 32.9 Å². The summed E-state index contributed by atoms with van der Waals surface area (Å²) in [7, 11) is 0. The molecule has 0 radical (unpaired) electrons. The maximum atomic E-state index is 6.57. The Morgan fingerprint density at radius 3 is 1.97 bits per heavy atom. The number of fused-ring (bicyclic) bond motifs is 11. The van der Waals surface area contributed by atoms with Gasteiger partial charge in [-0.1, -0.05) is 146 Å². The molecule has 0 saturated heterocycles. The molecule has 0 bridgehead atoms. The van der Waals surface area contributed by atoms with Gasteiger partial charge in [0.2, 0.25) is 0 Å². The third-order valence-electron chi connectivity index (χ3n) is 12.9. The van der Waals surface area contributed by atoms with E-state index >= 15 is 0 Å². The van der Waals surface area contributed by atoms with Crippen molar-refractivity contribution in [3.05, 3.63) is 212 Å². The van der Waals surface area contributed by atoms with Gasteiger partial charge in [-0.2, -0.15) is 0 Å². The molecular formula is C58H38N2O2. The van der Waals surface area contributed by atoms with Gasteiger partial charge in [0.1, 0.15) is 22.3 Å². The molecule has 4 nitrogen and oxygen atoms in total. The number of anilines is 2. The van der Waals surface area contributed by atoms with Crippen LogP contribution in [-0.2, 0) is 0 Å². The quantitative estimate of drug-likeness (QED) is 0.168. The van der Waals surface area contributed by atoms with Crippen molar-refractivity contribution in [2.75, 3.05) is 4.90 Å². The average molecular weight is 795 g/mol. The van der Waals surface area contributed by atoms with Gasteiger partial charge in [0, 0.05) is 66.8 Å². The van der Waals surface area contributed by atoms with Gasteiger partial charge in [-0.05, 0) is 88.8 Å². The van der Waals surface area contributed by atoms with Gasteiger partial charge < -0.3 is 18.3 Å². The van der Waals surface area contributed by atoms with E-state index in [-0.39, 0.29) is 6.04 Å². The van der Waals surface area contributed by atoms with Crippen molar-refractivity contribution < 1.29 is 8.83 Å². The monoisotopic (exact) mass is 794 g/mol. The number of aromatic nitrogens is 1. The Morgan fingerprint density at radius 1 is 0.468 bits per heavy atom. The van der Waals surface area contributed by atoms with E-state index in [9.17, 15) is 0 Å². The fourth-order valence-electron chi connectivity index (χ4n) is 10.1. The van der Waals surface area contributed by atoms with Crippen LogP contribution >= 0.6 is 0 Å². The molecule has 1 atom stereocenters. The van der Waals surface area contributed by atoms with E-state index in [1.54, 1.807) is 0 Å². The molecule has 62 heavy (non-hydrogen) atoms. The Bertz CT molecular complexity index is 3750. The van der Waals surface area contributed by atoms with E-state index < -0.39 is 0 Å². The summed E-state index contributed by atoms with van der Waals surface area (Å²) in [6.07, 6.45) is 7.70. The topological polar surface area (TPSA) is 34.5 Å². The average Bonchev–Trinajstić information content (AvgIpc) is 4.02. The van der Waals surface area contributed by atoms with Gasteiger partial charge in [-0.3, -0.25) is 0 Å². The fourth-order valence-corrected chi connectivity index (χ4v) is 10.1. The number of benzene rings is 9. The number of para-hydroxylation sites is 4. The summed E-state index contributed by atoms with van der Waals surface area (Å²) >= 11 is 0. The Balaban J connectivity index is 0.968. The SMILES string of the molecule is C1=CC(N(c2ccc(-c3cccc4oc5ccccc5c34)cc2)c2ccccc2-c2ccc3oc4c5ccccc5ccc4c3c2)CC(n2c3ccccc3c3ccccc32)=C1. The summed E-state index contributed by atoms with van der Waals surface area (Å²) in [4.78, 5) is 2.54. The standard InChI is InChI=1S/C58H38N2O2/c1-2-17-45-37(13-1)29-33-48-50-35-39(30-34-55(50)62-58(45)48)43-16-3-7-22-51(43)59(40-31-27-38(28-32-40)44-21-12-26-56-57(44)49-20-6-10-25-54(49)61-56)41-14-11-15-42(36-41)60-52-23-8-4-18-46(52)47-19-5-9-24-53(47)60/h1-35,41H,36H2. The molecule has 0 amide bonds. The molecule has 0 saturated carbocycles. The summed E-state index contributed by atoms with van der Waals surface area (Å²) in [5.41, 5.74) is 14.2. The summed E-state index contributed by atoms with van der Waals surface area (Å²) in [6.45, 7) is 0. The van der Waals surface area contributed by atoms with Crippen molar-refractivity contribution in [3.8, 4) is 22.3 Å². The number of rotatable bonds is 6. The Kier molecular flexibility index (Phi) is 7.70. The predicted octanol–water partition coefficient (Wildman–Crippen LogP) is 16.1. The van der Waals surface area contributed by atoms with Crippen molar-refractivity contribution in [2.45, 2.75) is 12.5 Å². The molecule has 13 rings (SSSR count). The largest absolute Gasteiger partial charge is 0.456 e. The van der Waals surface area contributed by atoms with Gasteiger partial charge >= 0.3 is 0 Å². The fraction of sp³-hybridized carbons (Fsp3) is 0.0345. The van der Waals surface area contributed by atoms with Crippen LogP contribution in [0.2, 0.25) is 0 Å². The number of hydrogen-bond acceptors (Lipinski definition) is 3. The van der Waals surface area contributed by atoms with Gasteiger partial charge in [0.05, 0.1) is 17.1 Å². The zero-order valence-electron chi connectivity index (χ0n) is 33.7. The van der Waals surface area contributed by atoms with Crippen LogP contribution in [0.15, 0.2) is 221 Å². The van der Waals surface area contributed by atoms with E-state index in [4.69, 9.17) is 8.83 Å². The van der Waals surface area contributed by atoms with Crippen LogP contribution in [0.3, 0.4) is 0 Å². The molecule has 0 fully saturated rings. The molecule has 3 heterocycles. The van der Waals surface area contributed by atoms with Crippen molar-refractivity contribution >= 4 is 93.5 Å². The highest BCUT2D eigenvalue weighted by Gasteiger charge is 2.27. The van der Waals surface area contributed by atoms with Crippen molar-refractivity contribution in [1.29, 1.82) is 0 Å². The van der Waals surface area contributed by atoms with Gasteiger partial charge in [0.25, 0.3) is 0 Å². The molecule has 12 aromatic rings. The molecule has 4 heteroatoms. The van der Waals surface area contributed by atoms with Crippen LogP contribution in [-0.4, -0.2) is 10.6 Å². The molecule has 1 aliphatic rings. The lowest BCUT2D eigenvalue weighted by Gasteiger charge is -2.36. The van der Waals surface area contributed by atoms with Gasteiger partial charge in [0.15, 0.2) is 0 Å². The van der Waals surface area contributed by atoms with Crippen LogP contribution in [0.25, 0.3) is 104 Å². The van der Waals surface area contributed by atoms with Crippen LogP contribution in [0.4, 0.5) is 11.4 Å². The number of allylic oxidation sites excluding steroid dienone is 2. The Hall–Kier alpha value is -8.08. The third kappa shape index (κ3) is 5.33. The number of furan rings is 2. The zero-order valence-corrected chi connectivity index (χ0v) is 33.7. The van der Waals surface area contributed by atoms with Gasteiger partial charge in [-0.25, -0.2) is 0 Å². The Labute approximate surface area is 357 Å². The maximum Gasteiger partial charge on any atom is 0.143 e. The summed E-state index contributed by atoms with van der Waals surface area (Å²) in [5, 5.41) is 9.36. The molecule has 1 unspecified atom stereocenters. The molecular weight excluding hydrogens is 757 g/mol. The first-order valence-corrected chi connectivity index (χ1v) is 21.3. The molecule has 0 aliphatic heterocycles. The zero-order chi connectivity index (χ0) is 40.7. The van der Waals surface area contributed by atoms with E-state index in [1.807, 2.05) is 12.1 Å². The first kappa shape index (κ1) is 34.8. The smallest absolute Gasteiger partial charge is 0.143 e. The minimum Gasteiger partial charge on any atom is -0.456 e. The highest BCUT2D eigenvalue weighted by atomic mass is 16.3. The van der Waals surface area contributed by atoms with Crippen LogP contribution in [0, 0.1) is 0 Å². The van der Waals surface area contributed by atoms with E-state index in [0.29, 0.717) is 0 Å².